The summed E-state index contributed by atoms with van der Waals surface area (Å²) in [5.41, 5.74) is 4.48. The van der Waals surface area contributed by atoms with Crippen molar-refractivity contribution in [3.63, 3.8) is 0 Å². The van der Waals surface area contributed by atoms with Crippen molar-refractivity contribution in [3.8, 4) is 51.2 Å². The van der Waals surface area contributed by atoms with E-state index in [4.69, 9.17) is 23.5 Å². The van der Waals surface area contributed by atoms with Gasteiger partial charge in [-0.1, -0.05) is 91.0 Å². The van der Waals surface area contributed by atoms with Crippen LogP contribution in [0.3, 0.4) is 0 Å². The molecule has 0 bridgehead atoms. The summed E-state index contributed by atoms with van der Waals surface area (Å²) in [6.45, 7) is 1.48. The third-order valence-electron chi connectivity index (χ3n) is 6.54. The molecule has 0 radical (unpaired) electrons. The summed E-state index contributed by atoms with van der Waals surface area (Å²) in [4.78, 5) is 21.2. The predicted octanol–water partition coefficient (Wildman–Crippen LogP) is 7.92. The highest BCUT2D eigenvalue weighted by atomic mass is 16.5. The smallest absolute Gasteiger partial charge is 0.344 e. The summed E-state index contributed by atoms with van der Waals surface area (Å²) in [6, 6.07) is 26.8. The van der Waals surface area contributed by atoms with Crippen molar-refractivity contribution in [2.75, 3.05) is 0 Å². The molecule has 0 saturated heterocycles. The number of benzene rings is 3. The number of allylic oxidation sites excluding steroid dienone is 4. The summed E-state index contributed by atoms with van der Waals surface area (Å²) in [5, 5.41) is 9.30. The van der Waals surface area contributed by atoms with Crippen molar-refractivity contribution in [1.82, 2.24) is 9.97 Å². The number of oxazole rings is 2. The molecule has 7 nitrogen and oxygen atoms in total. The number of aliphatic carboxylic acids is 1. The Morgan fingerprint density at radius 1 is 0.800 bits per heavy atom. The first kappa shape index (κ1) is 25.1. The van der Waals surface area contributed by atoms with Crippen LogP contribution in [-0.2, 0) is 4.79 Å². The summed E-state index contributed by atoms with van der Waals surface area (Å²) in [5.74, 6) is 1.19. The van der Waals surface area contributed by atoms with Gasteiger partial charge in [-0.05, 0) is 31.9 Å². The zero-order valence-electron chi connectivity index (χ0n) is 21.8. The quantitative estimate of drug-likeness (QED) is 0.218. The number of hydrogen-bond donors (Lipinski definition) is 1. The van der Waals surface area contributed by atoms with Crippen molar-refractivity contribution in [1.29, 1.82) is 0 Å². The minimum atomic E-state index is -1.05. The van der Waals surface area contributed by atoms with Gasteiger partial charge in [0.2, 0.25) is 11.8 Å². The van der Waals surface area contributed by atoms with E-state index in [0.717, 1.165) is 29.5 Å². The summed E-state index contributed by atoms with van der Waals surface area (Å²) in [7, 11) is 0. The highest BCUT2D eigenvalue weighted by Gasteiger charge is 2.26. The number of hydrogen-bond acceptors (Lipinski definition) is 6. The Bertz CT molecular complexity index is 1660. The van der Waals surface area contributed by atoms with E-state index >= 15 is 0 Å². The van der Waals surface area contributed by atoms with Crippen LogP contribution in [0.15, 0.2) is 112 Å². The standard InChI is InChI=1S/C33H26N2O5/c1-21(33(36)37)38-26-19-11-18-25(20-26)30-28(35-31(39-30)24-16-9-4-10-17-24)32-34-27(22-12-5-2-6-13-22)29(40-32)23-14-7-3-8-15-23/h2-3,5-9,11-21H,4,10H2,1H3,(H,36,37). The van der Waals surface area contributed by atoms with E-state index in [-0.39, 0.29) is 0 Å². The Labute approximate surface area is 231 Å². The van der Waals surface area contributed by atoms with E-state index in [9.17, 15) is 9.90 Å². The van der Waals surface area contributed by atoms with Gasteiger partial charge in [-0.2, -0.15) is 0 Å². The van der Waals surface area contributed by atoms with Gasteiger partial charge in [-0.3, -0.25) is 0 Å². The Morgan fingerprint density at radius 2 is 1.45 bits per heavy atom. The van der Waals surface area contributed by atoms with Crippen LogP contribution in [0.2, 0.25) is 0 Å². The van der Waals surface area contributed by atoms with E-state index < -0.39 is 12.1 Å². The van der Waals surface area contributed by atoms with Crippen LogP contribution in [0.25, 0.3) is 51.1 Å². The molecule has 7 heteroatoms. The number of nitrogens with zero attached hydrogens (tertiary/aromatic N) is 2. The molecule has 5 aromatic rings. The van der Waals surface area contributed by atoms with Gasteiger partial charge in [0.25, 0.3) is 0 Å². The van der Waals surface area contributed by atoms with Gasteiger partial charge in [-0.25, -0.2) is 14.8 Å². The Morgan fingerprint density at radius 3 is 2.15 bits per heavy atom. The lowest BCUT2D eigenvalue weighted by atomic mass is 10.1. The van der Waals surface area contributed by atoms with E-state index in [1.54, 1.807) is 18.2 Å². The minimum Gasteiger partial charge on any atom is -0.479 e. The number of carboxylic acid groups (broad SMARTS) is 1. The van der Waals surface area contributed by atoms with E-state index in [1.807, 2.05) is 72.8 Å². The molecule has 2 heterocycles. The van der Waals surface area contributed by atoms with Gasteiger partial charge in [0.15, 0.2) is 23.3 Å². The van der Waals surface area contributed by atoms with Crippen molar-refractivity contribution in [2.45, 2.75) is 25.9 Å². The zero-order valence-corrected chi connectivity index (χ0v) is 21.8. The van der Waals surface area contributed by atoms with Gasteiger partial charge in [0.05, 0.1) is 0 Å². The van der Waals surface area contributed by atoms with Crippen LogP contribution in [0.1, 0.15) is 25.7 Å². The van der Waals surface area contributed by atoms with Gasteiger partial charge in [0, 0.05) is 22.3 Å². The summed E-state index contributed by atoms with van der Waals surface area (Å²) >= 11 is 0. The third kappa shape index (κ3) is 5.09. The fourth-order valence-electron chi connectivity index (χ4n) is 4.52. The normalized spacial score (nSPS) is 13.6. The van der Waals surface area contributed by atoms with Crippen molar-refractivity contribution < 1.29 is 23.5 Å². The fraction of sp³-hybridized carbons (Fsp3) is 0.121. The molecule has 40 heavy (non-hydrogen) atoms. The molecule has 0 saturated carbocycles. The summed E-state index contributed by atoms with van der Waals surface area (Å²) < 4.78 is 18.4. The van der Waals surface area contributed by atoms with Gasteiger partial charge in [0.1, 0.15) is 11.4 Å². The van der Waals surface area contributed by atoms with Crippen molar-refractivity contribution in [2.24, 2.45) is 0 Å². The Balaban J connectivity index is 1.51. The van der Waals surface area contributed by atoms with E-state index in [0.29, 0.717) is 46.0 Å². The lowest BCUT2D eigenvalue weighted by Crippen LogP contribution is -2.22. The monoisotopic (exact) mass is 530 g/mol. The SMILES string of the molecule is CC(Oc1cccc(-c2oc(C3=CCCC=C3)nc2-c2nc(-c3ccccc3)c(-c3ccccc3)o2)c1)C(=O)O. The highest BCUT2D eigenvalue weighted by Crippen LogP contribution is 2.41. The average Bonchev–Trinajstić information content (AvgIpc) is 3.64. The lowest BCUT2D eigenvalue weighted by Gasteiger charge is -2.11. The molecule has 1 N–H and O–H groups in total. The number of carbonyl (C=O) groups is 1. The van der Waals surface area contributed by atoms with Crippen LogP contribution >= 0.6 is 0 Å². The molecule has 0 aliphatic heterocycles. The molecule has 6 rings (SSSR count). The minimum absolute atomic E-state index is 0.313. The first-order valence-corrected chi connectivity index (χ1v) is 13.1. The van der Waals surface area contributed by atoms with Crippen LogP contribution < -0.4 is 4.74 Å². The largest absolute Gasteiger partial charge is 0.479 e. The molecule has 1 aliphatic carbocycles. The van der Waals surface area contributed by atoms with Crippen molar-refractivity contribution >= 4 is 11.5 Å². The first-order chi connectivity index (χ1) is 19.6. The fourth-order valence-corrected chi connectivity index (χ4v) is 4.52. The molecule has 1 unspecified atom stereocenters. The highest BCUT2D eigenvalue weighted by molar-refractivity contribution is 5.83. The molecular formula is C33H26N2O5. The predicted molar refractivity (Wildman–Crippen MR) is 152 cm³/mol. The van der Waals surface area contributed by atoms with Gasteiger partial charge in [-0.15, -0.1) is 0 Å². The molecule has 1 atom stereocenters. The number of rotatable bonds is 8. The maximum atomic E-state index is 11.4. The second-order valence-electron chi connectivity index (χ2n) is 9.39. The number of aromatic nitrogens is 2. The maximum absolute atomic E-state index is 11.4. The van der Waals surface area contributed by atoms with Crippen LogP contribution in [0, 0.1) is 0 Å². The number of ether oxygens (including phenoxy) is 1. The van der Waals surface area contributed by atoms with E-state index in [2.05, 4.69) is 12.2 Å². The lowest BCUT2D eigenvalue weighted by molar-refractivity contribution is -0.144. The molecule has 0 amide bonds. The number of carboxylic acids is 1. The summed E-state index contributed by atoms with van der Waals surface area (Å²) in [6.07, 6.45) is 7.03. The van der Waals surface area contributed by atoms with E-state index in [1.165, 1.54) is 6.92 Å². The maximum Gasteiger partial charge on any atom is 0.344 e. The molecule has 3 aromatic carbocycles. The first-order valence-electron chi connectivity index (χ1n) is 13.1. The molecule has 1 aliphatic rings. The zero-order chi connectivity index (χ0) is 27.5. The molecule has 0 spiro atoms. The van der Waals surface area contributed by atoms with Crippen LogP contribution in [-0.4, -0.2) is 27.1 Å². The second-order valence-corrected chi connectivity index (χ2v) is 9.39. The van der Waals surface area contributed by atoms with Gasteiger partial charge < -0.3 is 18.7 Å². The third-order valence-corrected chi connectivity index (χ3v) is 6.54. The van der Waals surface area contributed by atoms with Crippen LogP contribution in [0.5, 0.6) is 5.75 Å². The van der Waals surface area contributed by atoms with Crippen LogP contribution in [0.4, 0.5) is 0 Å². The van der Waals surface area contributed by atoms with Gasteiger partial charge >= 0.3 is 5.97 Å². The molecule has 0 fully saturated rings. The molecule has 198 valence electrons. The van der Waals surface area contributed by atoms with Crippen molar-refractivity contribution in [3.05, 3.63) is 109 Å². The topological polar surface area (TPSA) is 98.6 Å². The Hall–Kier alpha value is -5.17. The second kappa shape index (κ2) is 10.9. The Kier molecular flexibility index (Phi) is 6.85. The molecule has 2 aromatic heterocycles. The average molecular weight is 531 g/mol. The molecular weight excluding hydrogens is 504 g/mol.